The minimum absolute atomic E-state index is 0.245. The second-order valence-electron chi connectivity index (χ2n) is 5.80. The van der Waals surface area contributed by atoms with E-state index in [1.807, 2.05) is 13.8 Å². The molecule has 0 radical (unpaired) electrons. The Morgan fingerprint density at radius 3 is 2.53 bits per heavy atom. The van der Waals surface area contributed by atoms with E-state index in [2.05, 4.69) is 18.7 Å². The zero-order valence-electron chi connectivity index (χ0n) is 12.8. The summed E-state index contributed by atoms with van der Waals surface area (Å²) in [4.78, 5) is 14.4. The summed E-state index contributed by atoms with van der Waals surface area (Å²) in [6, 6.07) is 0.491. The summed E-state index contributed by atoms with van der Waals surface area (Å²) in [5.41, 5.74) is -0.898. The molecule has 1 rings (SSSR count). The zero-order valence-corrected chi connectivity index (χ0v) is 12.8. The van der Waals surface area contributed by atoms with Crippen LogP contribution < -0.4 is 0 Å². The minimum atomic E-state index is -0.898. The smallest absolute Gasteiger partial charge is 0.311 e. The van der Waals surface area contributed by atoms with Crippen LogP contribution in [0.4, 0.5) is 0 Å². The highest BCUT2D eigenvalue weighted by Crippen LogP contribution is 2.33. The predicted octanol–water partition coefficient (Wildman–Crippen LogP) is 2.20. The Bertz CT molecular complexity index is 293. The SMILES string of the molecule is CCOC(=O)C(CC)C1(O)CCCN(C(C)C)CC1. The van der Waals surface area contributed by atoms with Gasteiger partial charge in [-0.1, -0.05) is 6.92 Å². The molecule has 2 unspecified atom stereocenters. The summed E-state index contributed by atoms with van der Waals surface area (Å²) in [7, 11) is 0. The van der Waals surface area contributed by atoms with Crippen molar-refractivity contribution in [2.24, 2.45) is 5.92 Å². The average Bonchev–Trinajstić information content (AvgIpc) is 2.53. The molecule has 1 fully saturated rings. The van der Waals surface area contributed by atoms with Gasteiger partial charge in [-0.15, -0.1) is 0 Å². The summed E-state index contributed by atoms with van der Waals surface area (Å²) < 4.78 is 5.12. The van der Waals surface area contributed by atoms with E-state index < -0.39 is 5.60 Å². The lowest BCUT2D eigenvalue weighted by molar-refractivity contribution is -0.159. The first-order valence-corrected chi connectivity index (χ1v) is 7.57. The Morgan fingerprint density at radius 2 is 2.00 bits per heavy atom. The number of hydrogen-bond acceptors (Lipinski definition) is 4. The van der Waals surface area contributed by atoms with Gasteiger partial charge in [0.1, 0.15) is 0 Å². The van der Waals surface area contributed by atoms with Gasteiger partial charge in [-0.3, -0.25) is 4.79 Å². The van der Waals surface area contributed by atoms with Crippen LogP contribution in [0.1, 0.15) is 53.4 Å². The topological polar surface area (TPSA) is 49.8 Å². The van der Waals surface area contributed by atoms with Crippen LogP contribution in [0.15, 0.2) is 0 Å². The van der Waals surface area contributed by atoms with Gasteiger partial charge in [0.2, 0.25) is 0 Å². The fourth-order valence-corrected chi connectivity index (χ4v) is 3.04. The molecule has 1 aliphatic rings. The summed E-state index contributed by atoms with van der Waals surface area (Å²) in [6.07, 6.45) is 2.91. The summed E-state index contributed by atoms with van der Waals surface area (Å²) in [5.74, 6) is -0.634. The molecule has 112 valence electrons. The fourth-order valence-electron chi connectivity index (χ4n) is 3.04. The van der Waals surface area contributed by atoms with Crippen molar-refractivity contribution in [2.45, 2.75) is 65.0 Å². The van der Waals surface area contributed by atoms with Gasteiger partial charge in [0.15, 0.2) is 0 Å². The first-order valence-electron chi connectivity index (χ1n) is 7.57. The third-order valence-electron chi connectivity index (χ3n) is 4.25. The molecule has 19 heavy (non-hydrogen) atoms. The van der Waals surface area contributed by atoms with Crippen molar-refractivity contribution in [2.75, 3.05) is 19.7 Å². The summed E-state index contributed by atoms with van der Waals surface area (Å²) >= 11 is 0. The number of nitrogens with zero attached hydrogens (tertiary/aromatic N) is 1. The molecule has 0 aromatic carbocycles. The number of hydrogen-bond donors (Lipinski definition) is 1. The quantitative estimate of drug-likeness (QED) is 0.779. The van der Waals surface area contributed by atoms with Gasteiger partial charge in [0.05, 0.1) is 18.1 Å². The van der Waals surface area contributed by atoms with Crippen LogP contribution in [0, 0.1) is 5.92 Å². The highest BCUT2D eigenvalue weighted by molar-refractivity contribution is 5.73. The number of rotatable bonds is 5. The molecular formula is C15H29NO3. The molecule has 0 saturated carbocycles. The zero-order chi connectivity index (χ0) is 14.5. The third kappa shape index (κ3) is 4.18. The van der Waals surface area contributed by atoms with Crippen molar-refractivity contribution in [3.63, 3.8) is 0 Å². The molecule has 2 atom stereocenters. The molecule has 0 amide bonds. The number of carbonyl (C=O) groups excluding carboxylic acids is 1. The molecule has 0 aromatic rings. The molecule has 1 aliphatic heterocycles. The van der Waals surface area contributed by atoms with Crippen LogP contribution in [0.3, 0.4) is 0 Å². The minimum Gasteiger partial charge on any atom is -0.466 e. The number of likely N-dealkylation sites (tertiary alicyclic amines) is 1. The van der Waals surface area contributed by atoms with Crippen molar-refractivity contribution in [1.82, 2.24) is 4.90 Å². The van der Waals surface area contributed by atoms with Crippen LogP contribution in [0.5, 0.6) is 0 Å². The monoisotopic (exact) mass is 271 g/mol. The molecule has 0 aromatic heterocycles. The Kier molecular flexibility index (Phi) is 6.27. The summed E-state index contributed by atoms with van der Waals surface area (Å²) in [6.45, 7) is 10.3. The molecule has 1 heterocycles. The summed E-state index contributed by atoms with van der Waals surface area (Å²) in [5, 5.41) is 10.9. The lowest BCUT2D eigenvalue weighted by Crippen LogP contribution is -2.44. The van der Waals surface area contributed by atoms with E-state index >= 15 is 0 Å². The van der Waals surface area contributed by atoms with E-state index in [0.29, 0.717) is 31.9 Å². The molecule has 1 saturated heterocycles. The Balaban J connectivity index is 2.75. The second kappa shape index (κ2) is 7.25. The fraction of sp³-hybridized carbons (Fsp3) is 0.933. The van der Waals surface area contributed by atoms with Gasteiger partial charge in [-0.05, 0) is 53.0 Å². The number of esters is 1. The molecule has 4 nitrogen and oxygen atoms in total. The Morgan fingerprint density at radius 1 is 1.32 bits per heavy atom. The Labute approximate surface area is 117 Å². The number of carbonyl (C=O) groups is 1. The predicted molar refractivity (Wildman–Crippen MR) is 75.9 cm³/mol. The molecule has 0 bridgehead atoms. The normalized spacial score (nSPS) is 27.1. The van der Waals surface area contributed by atoms with E-state index in [-0.39, 0.29) is 11.9 Å². The van der Waals surface area contributed by atoms with E-state index in [0.717, 1.165) is 19.5 Å². The lowest BCUT2D eigenvalue weighted by atomic mass is 9.80. The molecule has 0 aliphatic carbocycles. The van der Waals surface area contributed by atoms with Crippen LogP contribution in [0.25, 0.3) is 0 Å². The van der Waals surface area contributed by atoms with Gasteiger partial charge >= 0.3 is 5.97 Å². The second-order valence-corrected chi connectivity index (χ2v) is 5.80. The van der Waals surface area contributed by atoms with E-state index in [4.69, 9.17) is 4.74 Å². The maximum atomic E-state index is 12.0. The van der Waals surface area contributed by atoms with Crippen molar-refractivity contribution >= 4 is 5.97 Å². The standard InChI is InChI=1S/C15H29NO3/c1-5-13(14(17)19-6-2)15(18)8-7-10-16(11-9-15)12(3)4/h12-13,18H,5-11H2,1-4H3. The van der Waals surface area contributed by atoms with Gasteiger partial charge < -0.3 is 14.7 Å². The van der Waals surface area contributed by atoms with E-state index in [1.54, 1.807) is 0 Å². The van der Waals surface area contributed by atoms with Gasteiger partial charge in [0, 0.05) is 12.6 Å². The van der Waals surface area contributed by atoms with Crippen molar-refractivity contribution in [1.29, 1.82) is 0 Å². The van der Waals surface area contributed by atoms with Crippen LogP contribution in [0.2, 0.25) is 0 Å². The lowest BCUT2D eigenvalue weighted by Gasteiger charge is -2.33. The van der Waals surface area contributed by atoms with E-state index in [1.165, 1.54) is 0 Å². The van der Waals surface area contributed by atoms with Crippen molar-refractivity contribution in [3.05, 3.63) is 0 Å². The van der Waals surface area contributed by atoms with Crippen LogP contribution in [-0.2, 0) is 9.53 Å². The van der Waals surface area contributed by atoms with E-state index in [9.17, 15) is 9.90 Å². The Hall–Kier alpha value is -0.610. The van der Waals surface area contributed by atoms with Crippen molar-refractivity contribution < 1.29 is 14.6 Å². The average molecular weight is 271 g/mol. The maximum Gasteiger partial charge on any atom is 0.311 e. The van der Waals surface area contributed by atoms with Crippen LogP contribution >= 0.6 is 0 Å². The first kappa shape index (κ1) is 16.4. The van der Waals surface area contributed by atoms with Gasteiger partial charge in [-0.25, -0.2) is 0 Å². The first-order chi connectivity index (χ1) is 8.94. The largest absolute Gasteiger partial charge is 0.466 e. The molecular weight excluding hydrogens is 242 g/mol. The van der Waals surface area contributed by atoms with Gasteiger partial charge in [0.25, 0.3) is 0 Å². The maximum absolute atomic E-state index is 12.0. The molecule has 4 heteroatoms. The highest BCUT2D eigenvalue weighted by Gasteiger charge is 2.42. The third-order valence-corrected chi connectivity index (χ3v) is 4.25. The van der Waals surface area contributed by atoms with Gasteiger partial charge in [-0.2, -0.15) is 0 Å². The molecule has 1 N–H and O–H groups in total. The van der Waals surface area contributed by atoms with Crippen LogP contribution in [-0.4, -0.2) is 47.3 Å². The molecule has 0 spiro atoms. The number of aliphatic hydroxyl groups is 1. The number of ether oxygens (including phenoxy) is 1. The van der Waals surface area contributed by atoms with Crippen molar-refractivity contribution in [3.8, 4) is 0 Å². The highest BCUT2D eigenvalue weighted by atomic mass is 16.5.